The molecule has 0 fully saturated rings. The minimum Gasteiger partial charge on any atom is -0.502 e. The summed E-state index contributed by atoms with van der Waals surface area (Å²) in [6, 6.07) is 0. The number of hydrogen-bond donors (Lipinski definition) is 0. The Kier molecular flexibility index (Phi) is 23.1. The van der Waals surface area contributed by atoms with E-state index >= 15 is 0 Å². The van der Waals surface area contributed by atoms with Crippen LogP contribution < -0.4 is 0 Å². The second kappa shape index (κ2) is 24.0. The second-order valence-corrected chi connectivity index (χ2v) is 7.84. The van der Waals surface area contributed by atoms with Crippen molar-refractivity contribution < 1.29 is 9.47 Å². The van der Waals surface area contributed by atoms with Crippen LogP contribution in [0.1, 0.15) is 110 Å². The number of unbranched alkanes of at least 4 members (excludes halogenated alkanes) is 10. The molecular weight excluding hydrogens is 344 g/mol. The highest BCUT2D eigenvalue weighted by Crippen LogP contribution is 2.14. The van der Waals surface area contributed by atoms with E-state index in [4.69, 9.17) is 9.47 Å². The molecule has 0 aliphatic heterocycles. The highest BCUT2D eigenvalue weighted by atomic mass is 16.5. The van der Waals surface area contributed by atoms with E-state index < -0.39 is 0 Å². The minimum atomic E-state index is 0.797. The molecule has 0 rings (SSSR count). The molecule has 0 radical (unpaired) electrons. The fourth-order valence-corrected chi connectivity index (χ4v) is 3.21. The van der Waals surface area contributed by atoms with E-state index in [0.29, 0.717) is 0 Å². The van der Waals surface area contributed by atoms with Gasteiger partial charge in [0.25, 0.3) is 0 Å². The molecule has 0 aliphatic carbocycles. The van der Waals surface area contributed by atoms with Crippen molar-refractivity contribution in [1.82, 2.24) is 0 Å². The van der Waals surface area contributed by atoms with Crippen molar-refractivity contribution in [3.63, 3.8) is 0 Å². The summed E-state index contributed by atoms with van der Waals surface area (Å²) < 4.78 is 10.9. The quantitative estimate of drug-likeness (QED) is 0.0985. The minimum absolute atomic E-state index is 0.797. The first-order valence-electron chi connectivity index (χ1n) is 11.9. The SMILES string of the molecule is C=COCCCCCC(=C)CCCCCOCCC/C=C\CCCCCCC. The summed E-state index contributed by atoms with van der Waals surface area (Å²) in [5.74, 6) is 0. The Hall–Kier alpha value is -1.02. The summed E-state index contributed by atoms with van der Waals surface area (Å²) in [4.78, 5) is 0. The number of rotatable bonds is 23. The van der Waals surface area contributed by atoms with Crippen molar-refractivity contribution in [2.45, 2.75) is 110 Å². The molecule has 0 unspecified atom stereocenters. The van der Waals surface area contributed by atoms with Gasteiger partial charge in [0.15, 0.2) is 0 Å². The van der Waals surface area contributed by atoms with E-state index in [1.165, 1.54) is 88.9 Å². The Morgan fingerprint density at radius 1 is 0.679 bits per heavy atom. The molecule has 28 heavy (non-hydrogen) atoms. The smallest absolute Gasteiger partial charge is 0.0873 e. The lowest BCUT2D eigenvalue weighted by atomic mass is 10.0. The average Bonchev–Trinajstić information content (AvgIpc) is 2.70. The lowest BCUT2D eigenvalue weighted by molar-refractivity contribution is 0.128. The molecule has 0 aromatic rings. The summed E-state index contributed by atoms with van der Waals surface area (Å²) in [5.41, 5.74) is 1.41. The molecule has 0 spiro atoms. The predicted molar refractivity (Wildman–Crippen MR) is 125 cm³/mol. The van der Waals surface area contributed by atoms with Crippen LogP contribution in [0.4, 0.5) is 0 Å². The van der Waals surface area contributed by atoms with Crippen LogP contribution >= 0.6 is 0 Å². The molecule has 0 saturated carbocycles. The molecule has 0 atom stereocenters. The number of ether oxygens (including phenoxy) is 2. The van der Waals surface area contributed by atoms with E-state index in [2.05, 4.69) is 32.2 Å². The van der Waals surface area contributed by atoms with E-state index in [-0.39, 0.29) is 0 Å². The molecule has 0 aromatic heterocycles. The molecule has 0 saturated heterocycles. The van der Waals surface area contributed by atoms with Gasteiger partial charge in [-0.1, -0.05) is 69.9 Å². The Bertz CT molecular complexity index is 359. The topological polar surface area (TPSA) is 18.5 Å². The largest absolute Gasteiger partial charge is 0.502 e. The fourth-order valence-electron chi connectivity index (χ4n) is 3.21. The zero-order valence-electron chi connectivity index (χ0n) is 18.9. The highest BCUT2D eigenvalue weighted by molar-refractivity contribution is 4.93. The summed E-state index contributed by atoms with van der Waals surface area (Å²) in [5, 5.41) is 0. The molecule has 0 heterocycles. The van der Waals surface area contributed by atoms with Crippen LogP contribution in [0.2, 0.25) is 0 Å². The van der Waals surface area contributed by atoms with E-state index in [1.54, 1.807) is 0 Å². The van der Waals surface area contributed by atoms with Crippen molar-refractivity contribution in [2.75, 3.05) is 19.8 Å². The molecule has 2 heteroatoms. The van der Waals surface area contributed by atoms with Gasteiger partial charge in [0.05, 0.1) is 12.9 Å². The standard InChI is InChI=1S/C26H48O2/c1-4-6-7-8-9-10-11-12-13-18-24-28-25-20-15-17-22-26(3)21-16-14-19-23-27-5-2/h5,11-12H,2-4,6-10,13-25H2,1H3/b12-11-. The maximum Gasteiger partial charge on any atom is 0.0873 e. The Morgan fingerprint density at radius 2 is 1.25 bits per heavy atom. The Labute approximate surface area is 176 Å². The van der Waals surface area contributed by atoms with Gasteiger partial charge < -0.3 is 9.47 Å². The third-order valence-electron chi connectivity index (χ3n) is 5.03. The third kappa shape index (κ3) is 23.0. The molecule has 164 valence electrons. The second-order valence-electron chi connectivity index (χ2n) is 7.84. The van der Waals surface area contributed by atoms with Crippen LogP contribution in [0.5, 0.6) is 0 Å². The predicted octanol–water partition coefficient (Wildman–Crippen LogP) is 8.54. The summed E-state index contributed by atoms with van der Waals surface area (Å²) in [6.45, 7) is 12.6. The molecular formula is C26H48O2. The molecule has 0 bridgehead atoms. The Balaban J connectivity index is 3.18. The van der Waals surface area contributed by atoms with Crippen molar-refractivity contribution in [3.8, 4) is 0 Å². The van der Waals surface area contributed by atoms with Crippen molar-refractivity contribution in [1.29, 1.82) is 0 Å². The Morgan fingerprint density at radius 3 is 1.93 bits per heavy atom. The molecule has 2 nitrogen and oxygen atoms in total. The van der Waals surface area contributed by atoms with Gasteiger partial charge in [-0.05, 0) is 70.6 Å². The molecule has 0 amide bonds. The van der Waals surface area contributed by atoms with Crippen LogP contribution in [0.3, 0.4) is 0 Å². The first-order chi connectivity index (χ1) is 13.8. The number of hydrogen-bond acceptors (Lipinski definition) is 2. The van der Waals surface area contributed by atoms with Gasteiger partial charge >= 0.3 is 0 Å². The van der Waals surface area contributed by atoms with Gasteiger partial charge in [0.1, 0.15) is 0 Å². The lowest BCUT2D eigenvalue weighted by Gasteiger charge is -2.06. The van der Waals surface area contributed by atoms with Gasteiger partial charge in [0.2, 0.25) is 0 Å². The van der Waals surface area contributed by atoms with Gasteiger partial charge in [-0.15, -0.1) is 0 Å². The maximum atomic E-state index is 5.75. The molecule has 0 aromatic carbocycles. The van der Waals surface area contributed by atoms with Crippen LogP contribution in [0.15, 0.2) is 37.1 Å². The van der Waals surface area contributed by atoms with Crippen LogP contribution in [0.25, 0.3) is 0 Å². The van der Waals surface area contributed by atoms with Crippen LogP contribution in [-0.2, 0) is 9.47 Å². The van der Waals surface area contributed by atoms with Gasteiger partial charge in [-0.3, -0.25) is 0 Å². The fraction of sp³-hybridized carbons (Fsp3) is 0.769. The lowest BCUT2D eigenvalue weighted by Crippen LogP contribution is -1.97. The summed E-state index contributed by atoms with van der Waals surface area (Å²) in [7, 11) is 0. The van der Waals surface area contributed by atoms with Gasteiger partial charge in [-0.25, -0.2) is 0 Å². The average molecular weight is 393 g/mol. The zero-order valence-corrected chi connectivity index (χ0v) is 18.9. The van der Waals surface area contributed by atoms with E-state index in [0.717, 1.165) is 45.5 Å². The monoisotopic (exact) mass is 392 g/mol. The molecule has 0 aliphatic rings. The van der Waals surface area contributed by atoms with Crippen LogP contribution in [-0.4, -0.2) is 19.8 Å². The highest BCUT2D eigenvalue weighted by Gasteiger charge is 1.97. The van der Waals surface area contributed by atoms with E-state index in [9.17, 15) is 0 Å². The number of allylic oxidation sites excluding steroid dienone is 3. The first kappa shape index (κ1) is 27.0. The van der Waals surface area contributed by atoms with Gasteiger partial charge in [0, 0.05) is 13.2 Å². The van der Waals surface area contributed by atoms with Crippen molar-refractivity contribution >= 4 is 0 Å². The maximum absolute atomic E-state index is 5.75. The summed E-state index contributed by atoms with van der Waals surface area (Å²) in [6.07, 6.45) is 26.2. The summed E-state index contributed by atoms with van der Waals surface area (Å²) >= 11 is 0. The molecule has 0 N–H and O–H groups in total. The third-order valence-corrected chi connectivity index (χ3v) is 5.03. The van der Waals surface area contributed by atoms with E-state index in [1.807, 2.05) is 0 Å². The normalized spacial score (nSPS) is 11.2. The van der Waals surface area contributed by atoms with Crippen molar-refractivity contribution in [3.05, 3.63) is 37.1 Å². The van der Waals surface area contributed by atoms with Crippen molar-refractivity contribution in [2.24, 2.45) is 0 Å². The van der Waals surface area contributed by atoms with Gasteiger partial charge in [-0.2, -0.15) is 0 Å². The zero-order chi connectivity index (χ0) is 20.5. The first-order valence-corrected chi connectivity index (χ1v) is 11.9. The van der Waals surface area contributed by atoms with Crippen LogP contribution in [0, 0.1) is 0 Å².